The van der Waals surface area contributed by atoms with E-state index in [4.69, 9.17) is 0 Å². The van der Waals surface area contributed by atoms with Crippen molar-refractivity contribution in [3.05, 3.63) is 70.8 Å². The van der Waals surface area contributed by atoms with Crippen LogP contribution in [0.1, 0.15) is 39.4 Å². The summed E-state index contributed by atoms with van der Waals surface area (Å²) in [6, 6.07) is 14.5. The minimum atomic E-state index is -0.812. The molecular formula is C17H14O3. The van der Waals surface area contributed by atoms with Crippen LogP contribution < -0.4 is 0 Å². The van der Waals surface area contributed by atoms with E-state index in [1.54, 1.807) is 24.3 Å². The van der Waals surface area contributed by atoms with Gasteiger partial charge in [0.2, 0.25) is 0 Å². The van der Waals surface area contributed by atoms with Gasteiger partial charge >= 0.3 is 5.97 Å². The summed E-state index contributed by atoms with van der Waals surface area (Å²) < 4.78 is 0. The molecule has 100 valence electrons. The van der Waals surface area contributed by atoms with Gasteiger partial charge in [0, 0.05) is 11.1 Å². The molecule has 1 atom stereocenters. The molecule has 0 saturated carbocycles. The maximum Gasteiger partial charge on any atom is 0.310 e. The Hall–Kier alpha value is -2.42. The van der Waals surface area contributed by atoms with E-state index in [0.29, 0.717) is 24.0 Å². The number of rotatable bonds is 3. The Kier molecular flexibility index (Phi) is 3.11. The number of benzene rings is 2. The van der Waals surface area contributed by atoms with Crippen molar-refractivity contribution < 1.29 is 14.7 Å². The summed E-state index contributed by atoms with van der Waals surface area (Å²) in [5.74, 6) is -1.32. The average Bonchev–Trinajstić information content (AvgIpc) is 2.91. The molecule has 0 fully saturated rings. The summed E-state index contributed by atoms with van der Waals surface area (Å²) in [7, 11) is 0. The van der Waals surface area contributed by atoms with Crippen LogP contribution in [0.4, 0.5) is 0 Å². The van der Waals surface area contributed by atoms with Crippen LogP contribution in [0.15, 0.2) is 48.5 Å². The summed E-state index contributed by atoms with van der Waals surface area (Å²) in [6.45, 7) is 0. The van der Waals surface area contributed by atoms with Crippen LogP contribution >= 0.6 is 0 Å². The highest BCUT2D eigenvalue weighted by Gasteiger charge is 2.31. The molecule has 0 radical (unpaired) electrons. The second-order valence-corrected chi connectivity index (χ2v) is 5.00. The number of ketones is 1. The number of carboxylic acids is 1. The summed E-state index contributed by atoms with van der Waals surface area (Å²) in [6.07, 6.45) is 1.23. The fourth-order valence-electron chi connectivity index (χ4n) is 2.87. The quantitative estimate of drug-likeness (QED) is 0.869. The van der Waals surface area contributed by atoms with Crippen LogP contribution in [0.3, 0.4) is 0 Å². The van der Waals surface area contributed by atoms with Gasteiger partial charge < -0.3 is 5.11 Å². The maximum absolute atomic E-state index is 12.5. The number of hydrogen-bond donors (Lipinski definition) is 1. The molecule has 0 spiro atoms. The first kappa shape index (κ1) is 12.6. The second-order valence-electron chi connectivity index (χ2n) is 5.00. The van der Waals surface area contributed by atoms with Crippen molar-refractivity contribution in [1.29, 1.82) is 0 Å². The molecule has 20 heavy (non-hydrogen) atoms. The van der Waals surface area contributed by atoms with Crippen molar-refractivity contribution in [1.82, 2.24) is 0 Å². The van der Waals surface area contributed by atoms with E-state index in [1.165, 1.54) is 0 Å². The van der Waals surface area contributed by atoms with Gasteiger partial charge in [-0.1, -0.05) is 48.5 Å². The van der Waals surface area contributed by atoms with Crippen molar-refractivity contribution in [2.24, 2.45) is 0 Å². The van der Waals surface area contributed by atoms with Crippen LogP contribution in [0, 0.1) is 0 Å². The third-order valence-electron chi connectivity index (χ3n) is 3.85. The zero-order valence-corrected chi connectivity index (χ0v) is 10.9. The minimum Gasteiger partial charge on any atom is -0.481 e. The van der Waals surface area contributed by atoms with Gasteiger partial charge in [-0.25, -0.2) is 0 Å². The van der Waals surface area contributed by atoms with Gasteiger partial charge in [-0.2, -0.15) is 0 Å². The molecule has 3 rings (SSSR count). The highest BCUT2D eigenvalue weighted by molar-refractivity contribution is 6.10. The topological polar surface area (TPSA) is 54.4 Å². The SMILES string of the molecule is O=C(c1ccccc1)c1cccc2c1CC[C@H]2C(=O)O. The van der Waals surface area contributed by atoms with Crippen molar-refractivity contribution in [2.45, 2.75) is 18.8 Å². The second kappa shape index (κ2) is 4.93. The zero-order valence-electron chi connectivity index (χ0n) is 10.9. The van der Waals surface area contributed by atoms with Crippen LogP contribution in [0.5, 0.6) is 0 Å². The predicted molar refractivity (Wildman–Crippen MR) is 75.0 cm³/mol. The molecule has 0 amide bonds. The molecule has 0 heterocycles. The molecule has 1 N–H and O–H groups in total. The number of aliphatic carboxylic acids is 1. The Balaban J connectivity index is 2.05. The lowest BCUT2D eigenvalue weighted by molar-refractivity contribution is -0.138. The predicted octanol–water partition coefficient (Wildman–Crippen LogP) is 3.03. The summed E-state index contributed by atoms with van der Waals surface area (Å²) >= 11 is 0. The van der Waals surface area contributed by atoms with Crippen LogP contribution in [-0.4, -0.2) is 16.9 Å². The molecular weight excluding hydrogens is 252 g/mol. The fraction of sp³-hybridized carbons (Fsp3) is 0.176. The van der Waals surface area contributed by atoms with Crippen molar-refractivity contribution in [3.63, 3.8) is 0 Å². The van der Waals surface area contributed by atoms with E-state index < -0.39 is 11.9 Å². The largest absolute Gasteiger partial charge is 0.481 e. The molecule has 3 nitrogen and oxygen atoms in total. The minimum absolute atomic E-state index is 0.0338. The van der Waals surface area contributed by atoms with E-state index >= 15 is 0 Å². The lowest BCUT2D eigenvalue weighted by Crippen LogP contribution is -2.09. The van der Waals surface area contributed by atoms with Gasteiger partial charge in [-0.15, -0.1) is 0 Å². The third kappa shape index (κ3) is 2.01. The molecule has 0 unspecified atom stereocenters. The Labute approximate surface area is 116 Å². The Morgan fingerprint density at radius 1 is 1.00 bits per heavy atom. The number of carbonyl (C=O) groups is 2. The molecule has 0 bridgehead atoms. The van der Waals surface area contributed by atoms with Gasteiger partial charge in [0.15, 0.2) is 5.78 Å². The highest BCUT2D eigenvalue weighted by atomic mass is 16.4. The zero-order chi connectivity index (χ0) is 14.1. The number of fused-ring (bicyclic) bond motifs is 1. The third-order valence-corrected chi connectivity index (χ3v) is 3.85. The van der Waals surface area contributed by atoms with E-state index in [0.717, 1.165) is 11.1 Å². The average molecular weight is 266 g/mol. The molecule has 2 aromatic carbocycles. The Morgan fingerprint density at radius 2 is 1.75 bits per heavy atom. The lowest BCUT2D eigenvalue weighted by Gasteiger charge is -2.09. The normalized spacial score (nSPS) is 16.7. The Morgan fingerprint density at radius 3 is 2.45 bits per heavy atom. The van der Waals surface area contributed by atoms with E-state index in [9.17, 15) is 14.7 Å². The molecule has 3 heteroatoms. The summed E-state index contributed by atoms with van der Waals surface area (Å²) in [5.41, 5.74) is 2.96. The molecule has 1 aliphatic rings. The lowest BCUT2D eigenvalue weighted by atomic mass is 9.94. The van der Waals surface area contributed by atoms with Gasteiger partial charge in [-0.05, 0) is 24.0 Å². The molecule has 0 aromatic heterocycles. The molecule has 0 aliphatic heterocycles. The van der Waals surface area contributed by atoms with Crippen molar-refractivity contribution >= 4 is 11.8 Å². The van der Waals surface area contributed by atoms with Gasteiger partial charge in [0.05, 0.1) is 5.92 Å². The van der Waals surface area contributed by atoms with Crippen molar-refractivity contribution in [2.75, 3.05) is 0 Å². The first-order chi connectivity index (χ1) is 9.68. The van der Waals surface area contributed by atoms with E-state index in [1.807, 2.05) is 24.3 Å². The summed E-state index contributed by atoms with van der Waals surface area (Å²) in [4.78, 5) is 23.8. The van der Waals surface area contributed by atoms with Gasteiger partial charge in [-0.3, -0.25) is 9.59 Å². The number of hydrogen-bond acceptors (Lipinski definition) is 2. The van der Waals surface area contributed by atoms with E-state index in [-0.39, 0.29) is 5.78 Å². The first-order valence-electron chi connectivity index (χ1n) is 6.63. The maximum atomic E-state index is 12.5. The van der Waals surface area contributed by atoms with Crippen LogP contribution in [-0.2, 0) is 11.2 Å². The van der Waals surface area contributed by atoms with Crippen molar-refractivity contribution in [3.8, 4) is 0 Å². The smallest absolute Gasteiger partial charge is 0.310 e. The van der Waals surface area contributed by atoms with Gasteiger partial charge in [0.1, 0.15) is 0 Å². The van der Waals surface area contributed by atoms with Crippen LogP contribution in [0.2, 0.25) is 0 Å². The Bertz CT molecular complexity index is 674. The molecule has 2 aromatic rings. The molecule has 1 aliphatic carbocycles. The van der Waals surface area contributed by atoms with Crippen LogP contribution in [0.25, 0.3) is 0 Å². The summed E-state index contributed by atoms with van der Waals surface area (Å²) in [5, 5.41) is 9.22. The first-order valence-corrected chi connectivity index (χ1v) is 6.63. The number of carbonyl (C=O) groups excluding carboxylic acids is 1. The molecule has 0 saturated heterocycles. The van der Waals surface area contributed by atoms with Gasteiger partial charge in [0.25, 0.3) is 0 Å². The number of carboxylic acid groups (broad SMARTS) is 1. The standard InChI is InChI=1S/C17H14O3/c18-16(11-5-2-1-3-6-11)14-8-4-7-12-13(14)9-10-15(12)17(19)20/h1-8,15H,9-10H2,(H,19,20)/t15-/m1/s1. The highest BCUT2D eigenvalue weighted by Crippen LogP contribution is 2.35. The monoisotopic (exact) mass is 266 g/mol. The fourth-order valence-corrected chi connectivity index (χ4v) is 2.87. The van der Waals surface area contributed by atoms with E-state index in [2.05, 4.69) is 0 Å².